The second kappa shape index (κ2) is 7.17. The van der Waals surface area contributed by atoms with Crippen molar-refractivity contribution >= 4 is 17.6 Å². The molecule has 3 nitrogen and oxygen atoms in total. The summed E-state index contributed by atoms with van der Waals surface area (Å²) in [7, 11) is 0. The number of halogens is 1. The molecule has 0 aliphatic heterocycles. The number of carboxylic acids is 1. The quantitative estimate of drug-likeness (QED) is 0.812. The summed E-state index contributed by atoms with van der Waals surface area (Å²) in [6.07, 6.45) is 2.38. The summed E-state index contributed by atoms with van der Waals surface area (Å²) < 4.78 is 5.59. The molecule has 17 heavy (non-hydrogen) atoms. The maximum absolute atomic E-state index is 10.5. The third-order valence-corrected chi connectivity index (χ3v) is 2.56. The van der Waals surface area contributed by atoms with Crippen LogP contribution >= 0.6 is 11.6 Å². The molecule has 0 aromatic heterocycles. The van der Waals surface area contributed by atoms with Crippen molar-refractivity contribution in [3.8, 4) is 5.75 Å². The van der Waals surface area contributed by atoms with Gasteiger partial charge in [-0.25, -0.2) is 0 Å². The molecule has 0 aliphatic rings. The van der Waals surface area contributed by atoms with Crippen molar-refractivity contribution in [2.75, 3.05) is 6.61 Å². The zero-order valence-corrected chi connectivity index (χ0v) is 10.7. The van der Waals surface area contributed by atoms with Crippen LogP contribution in [0.25, 0.3) is 0 Å². The van der Waals surface area contributed by atoms with Gasteiger partial charge in [0.05, 0.1) is 6.61 Å². The number of rotatable bonds is 7. The van der Waals surface area contributed by atoms with E-state index in [1.54, 1.807) is 6.07 Å². The number of carbonyl (C=O) groups is 1. The molecule has 0 amide bonds. The van der Waals surface area contributed by atoms with E-state index in [4.69, 9.17) is 21.4 Å². The lowest BCUT2D eigenvalue weighted by Crippen LogP contribution is -2.01. The van der Waals surface area contributed by atoms with Gasteiger partial charge in [-0.2, -0.15) is 0 Å². The summed E-state index contributed by atoms with van der Waals surface area (Å²) in [5.41, 5.74) is 0.979. The van der Waals surface area contributed by atoms with Gasteiger partial charge in [-0.15, -0.1) is 0 Å². The molecule has 0 saturated carbocycles. The Kier molecular flexibility index (Phi) is 5.84. The lowest BCUT2D eigenvalue weighted by molar-refractivity contribution is -0.137. The van der Waals surface area contributed by atoms with Crippen LogP contribution in [0.5, 0.6) is 5.75 Å². The van der Waals surface area contributed by atoms with E-state index in [0.717, 1.165) is 17.7 Å². The average molecular weight is 257 g/mol. The highest BCUT2D eigenvalue weighted by atomic mass is 35.5. The highest BCUT2D eigenvalue weighted by Crippen LogP contribution is 2.24. The molecular weight excluding hydrogens is 240 g/mol. The summed E-state index contributed by atoms with van der Waals surface area (Å²) in [6.45, 7) is 2.70. The Hall–Kier alpha value is -1.22. The summed E-state index contributed by atoms with van der Waals surface area (Å²) in [5, 5.41) is 9.25. The van der Waals surface area contributed by atoms with E-state index >= 15 is 0 Å². The first-order valence-corrected chi connectivity index (χ1v) is 6.14. The Morgan fingerprint density at radius 1 is 1.47 bits per heavy atom. The molecular formula is C13H17ClO3. The van der Waals surface area contributed by atoms with Gasteiger partial charge in [0, 0.05) is 11.4 Å². The Labute approximate surface area is 106 Å². The van der Waals surface area contributed by atoms with Gasteiger partial charge >= 0.3 is 5.97 Å². The van der Waals surface area contributed by atoms with Crippen molar-refractivity contribution in [2.45, 2.75) is 32.6 Å². The summed E-state index contributed by atoms with van der Waals surface area (Å²) in [5.74, 6) is 0.0321. The third-order valence-electron chi connectivity index (χ3n) is 2.32. The van der Waals surface area contributed by atoms with Crippen LogP contribution in [-0.4, -0.2) is 17.7 Å². The fraction of sp³-hybridized carbons (Fsp3) is 0.462. The summed E-state index contributed by atoms with van der Waals surface area (Å²) >= 11 is 5.92. The van der Waals surface area contributed by atoms with Gasteiger partial charge < -0.3 is 9.84 Å². The van der Waals surface area contributed by atoms with E-state index in [9.17, 15) is 4.79 Å². The van der Waals surface area contributed by atoms with Crippen LogP contribution in [0.3, 0.4) is 0 Å². The molecule has 1 aromatic rings. The Morgan fingerprint density at radius 2 is 2.24 bits per heavy atom. The highest BCUT2D eigenvalue weighted by molar-refractivity contribution is 6.30. The molecule has 94 valence electrons. The largest absolute Gasteiger partial charge is 0.493 e. The van der Waals surface area contributed by atoms with Crippen LogP contribution in [0.15, 0.2) is 18.2 Å². The number of benzene rings is 1. The maximum atomic E-state index is 10.5. The van der Waals surface area contributed by atoms with Crippen molar-refractivity contribution in [2.24, 2.45) is 0 Å². The maximum Gasteiger partial charge on any atom is 0.303 e. The van der Waals surface area contributed by atoms with Gasteiger partial charge in [0.2, 0.25) is 0 Å². The molecule has 0 aliphatic carbocycles. The van der Waals surface area contributed by atoms with Gasteiger partial charge in [0.15, 0.2) is 0 Å². The predicted octanol–water partition coefficient (Wildman–Crippen LogP) is 3.54. The Bertz CT molecular complexity index is 377. The molecule has 0 spiro atoms. The third kappa shape index (κ3) is 5.09. The van der Waals surface area contributed by atoms with Crippen LogP contribution in [-0.2, 0) is 11.2 Å². The number of hydrogen-bond donors (Lipinski definition) is 1. The van der Waals surface area contributed by atoms with Crippen molar-refractivity contribution in [3.63, 3.8) is 0 Å². The predicted molar refractivity (Wildman–Crippen MR) is 67.8 cm³/mol. The molecule has 0 fully saturated rings. The molecule has 0 radical (unpaired) electrons. The Balaban J connectivity index is 2.65. The van der Waals surface area contributed by atoms with Crippen LogP contribution in [0, 0.1) is 0 Å². The fourth-order valence-electron chi connectivity index (χ4n) is 1.53. The first kappa shape index (κ1) is 13.8. The monoisotopic (exact) mass is 256 g/mol. The van der Waals surface area contributed by atoms with E-state index in [1.165, 1.54) is 0 Å². The van der Waals surface area contributed by atoms with Gasteiger partial charge in [-0.3, -0.25) is 4.79 Å². The fourth-order valence-corrected chi connectivity index (χ4v) is 1.72. The molecule has 0 bridgehead atoms. The SMILES string of the molecule is CCCOc1ccc(Cl)cc1CCCC(=O)O. The van der Waals surface area contributed by atoms with Gasteiger partial charge in [0.25, 0.3) is 0 Å². The zero-order chi connectivity index (χ0) is 12.7. The van der Waals surface area contributed by atoms with Gasteiger partial charge in [0.1, 0.15) is 5.75 Å². The number of aliphatic carboxylic acids is 1. The van der Waals surface area contributed by atoms with Crippen LogP contribution in [0.2, 0.25) is 5.02 Å². The standard InChI is InChI=1S/C13H17ClO3/c1-2-8-17-12-7-6-11(14)9-10(12)4-3-5-13(15)16/h6-7,9H,2-5,8H2,1H3,(H,15,16). The average Bonchev–Trinajstić information content (AvgIpc) is 2.27. The van der Waals surface area contributed by atoms with Crippen molar-refractivity contribution in [3.05, 3.63) is 28.8 Å². The molecule has 0 saturated heterocycles. The molecule has 1 N–H and O–H groups in total. The van der Waals surface area contributed by atoms with E-state index in [1.807, 2.05) is 19.1 Å². The molecule has 1 aromatic carbocycles. The highest BCUT2D eigenvalue weighted by Gasteiger charge is 2.06. The first-order valence-electron chi connectivity index (χ1n) is 5.76. The zero-order valence-electron chi connectivity index (χ0n) is 9.91. The number of aryl methyl sites for hydroxylation is 1. The van der Waals surface area contributed by atoms with Gasteiger partial charge in [-0.05, 0) is 43.0 Å². The molecule has 0 unspecified atom stereocenters. The minimum Gasteiger partial charge on any atom is -0.493 e. The van der Waals surface area contributed by atoms with Crippen molar-refractivity contribution < 1.29 is 14.6 Å². The smallest absolute Gasteiger partial charge is 0.303 e. The lowest BCUT2D eigenvalue weighted by Gasteiger charge is -2.10. The van der Waals surface area contributed by atoms with Crippen LogP contribution in [0.1, 0.15) is 31.7 Å². The minimum atomic E-state index is -0.775. The second-order valence-electron chi connectivity index (χ2n) is 3.85. The second-order valence-corrected chi connectivity index (χ2v) is 4.28. The summed E-state index contributed by atoms with van der Waals surface area (Å²) in [4.78, 5) is 10.5. The van der Waals surface area contributed by atoms with Crippen LogP contribution in [0.4, 0.5) is 0 Å². The van der Waals surface area contributed by atoms with E-state index in [2.05, 4.69) is 0 Å². The van der Waals surface area contributed by atoms with Crippen molar-refractivity contribution in [1.29, 1.82) is 0 Å². The molecule has 4 heteroatoms. The lowest BCUT2D eigenvalue weighted by atomic mass is 10.1. The Morgan fingerprint density at radius 3 is 2.88 bits per heavy atom. The minimum absolute atomic E-state index is 0.166. The van der Waals surface area contributed by atoms with Crippen molar-refractivity contribution in [1.82, 2.24) is 0 Å². The van der Waals surface area contributed by atoms with E-state index in [-0.39, 0.29) is 6.42 Å². The molecule has 0 atom stereocenters. The van der Waals surface area contributed by atoms with Gasteiger partial charge in [-0.1, -0.05) is 18.5 Å². The first-order chi connectivity index (χ1) is 8.13. The normalized spacial score (nSPS) is 10.2. The van der Waals surface area contributed by atoms with E-state index in [0.29, 0.717) is 24.5 Å². The topological polar surface area (TPSA) is 46.5 Å². The number of hydrogen-bond acceptors (Lipinski definition) is 2. The molecule has 1 rings (SSSR count). The molecule has 0 heterocycles. The summed E-state index contributed by atoms with van der Waals surface area (Å²) in [6, 6.07) is 5.47. The van der Waals surface area contributed by atoms with Crippen LogP contribution < -0.4 is 4.74 Å². The number of ether oxygens (including phenoxy) is 1. The van der Waals surface area contributed by atoms with E-state index < -0.39 is 5.97 Å². The number of carboxylic acid groups (broad SMARTS) is 1.